The van der Waals surface area contributed by atoms with Gasteiger partial charge in [-0.1, -0.05) is 12.1 Å². The van der Waals surface area contributed by atoms with Gasteiger partial charge in [-0.05, 0) is 84.1 Å². The Labute approximate surface area is 263 Å². The lowest BCUT2D eigenvalue weighted by molar-refractivity contribution is -0.148. The van der Waals surface area contributed by atoms with E-state index in [1.165, 1.54) is 0 Å². The summed E-state index contributed by atoms with van der Waals surface area (Å²) >= 11 is 0. The maximum absolute atomic E-state index is 13.2. The number of likely N-dealkylation sites (N-methyl/N-ethyl adjacent to an activating group) is 1. The van der Waals surface area contributed by atoms with E-state index < -0.39 is 6.04 Å². The number of nitrogens with zero attached hydrogens (tertiary/aromatic N) is 3. The first-order valence-corrected chi connectivity index (χ1v) is 15.0. The van der Waals surface area contributed by atoms with Crippen LogP contribution in [-0.4, -0.2) is 83.1 Å². The Kier molecular flexibility index (Phi) is 8.49. The van der Waals surface area contributed by atoms with Gasteiger partial charge in [-0.3, -0.25) is 14.6 Å². The van der Waals surface area contributed by atoms with Crippen LogP contribution in [-0.2, 0) is 28.8 Å². The van der Waals surface area contributed by atoms with Crippen LogP contribution in [0.2, 0.25) is 0 Å². The molecule has 0 N–H and O–H groups in total. The van der Waals surface area contributed by atoms with E-state index in [0.29, 0.717) is 35.8 Å². The Morgan fingerprint density at radius 2 is 1.36 bits per heavy atom. The molecule has 10 heteroatoms. The molecule has 3 aromatic carbocycles. The zero-order valence-corrected chi connectivity index (χ0v) is 26.5. The monoisotopic (exact) mass is 613 g/mol. The fraction of sp³-hybridized carbons (Fsp3) is 0.429. The van der Waals surface area contributed by atoms with Gasteiger partial charge in [0.2, 0.25) is 0 Å². The maximum Gasteiger partial charge on any atom is 0.310 e. The molecule has 0 amide bonds. The molecule has 0 unspecified atom stereocenters. The molecular weight excluding hydrogens is 574 g/mol. The summed E-state index contributed by atoms with van der Waals surface area (Å²) in [5.74, 6) is 2.96. The minimum Gasteiger partial charge on any atom is -0.497 e. The largest absolute Gasteiger partial charge is 0.497 e. The molecular formula is C35H39N3O7. The van der Waals surface area contributed by atoms with Crippen molar-refractivity contribution in [2.75, 3.05) is 49.2 Å². The van der Waals surface area contributed by atoms with Crippen LogP contribution in [0, 0.1) is 11.3 Å². The van der Waals surface area contributed by atoms with E-state index in [2.05, 4.69) is 29.0 Å². The van der Waals surface area contributed by atoms with Gasteiger partial charge in [0.25, 0.3) is 0 Å². The predicted molar refractivity (Wildman–Crippen MR) is 166 cm³/mol. The zero-order chi connectivity index (χ0) is 31.8. The number of hydrogen-bond acceptors (Lipinski definition) is 10. The molecule has 236 valence electrons. The van der Waals surface area contributed by atoms with Crippen molar-refractivity contribution in [3.63, 3.8) is 0 Å². The molecule has 45 heavy (non-hydrogen) atoms. The standard InChI is InChI=1S/C35H39N3O7/c1-37-26-12-22-15-31(42-4)33(44-6)17-25(22)35(37)27-13-21-14-30(41-3)32(43-5)16-24(21)29(38(27)28(26)18-36)19-45-34(39)11-20-7-9-23(40-2)10-8-20/h7-10,14-17,26-29,35H,11-13,19H2,1-6H3/t26-,27-,28-,29-,35+/m0/s1. The smallest absolute Gasteiger partial charge is 0.310 e. The van der Waals surface area contributed by atoms with Crippen LogP contribution in [0.15, 0.2) is 48.5 Å². The van der Waals surface area contributed by atoms with Gasteiger partial charge in [-0.25, -0.2) is 0 Å². The molecule has 3 aliphatic heterocycles. The number of carbonyl (C=O) groups excluding carboxylic acids is 1. The molecule has 5 atom stereocenters. The summed E-state index contributed by atoms with van der Waals surface area (Å²) in [6.45, 7) is 0.0914. The van der Waals surface area contributed by atoms with Crippen molar-refractivity contribution in [3.8, 4) is 34.8 Å². The number of methoxy groups -OCH3 is 5. The predicted octanol–water partition coefficient (Wildman–Crippen LogP) is 4.29. The van der Waals surface area contributed by atoms with E-state index in [4.69, 9.17) is 28.4 Å². The van der Waals surface area contributed by atoms with Crippen molar-refractivity contribution in [3.05, 3.63) is 76.3 Å². The average Bonchev–Trinajstić information content (AvgIpc) is 3.06. The number of fused-ring (bicyclic) bond motifs is 7. The van der Waals surface area contributed by atoms with Gasteiger partial charge >= 0.3 is 5.97 Å². The number of nitriles is 1. The van der Waals surface area contributed by atoms with Crippen molar-refractivity contribution in [2.45, 2.75) is 49.5 Å². The third kappa shape index (κ3) is 5.30. The Balaban J connectivity index is 1.41. The number of ether oxygens (including phenoxy) is 6. The van der Waals surface area contributed by atoms with Gasteiger partial charge in [0.05, 0.1) is 60.1 Å². The summed E-state index contributed by atoms with van der Waals surface area (Å²) in [5, 5.41) is 10.7. The third-order valence-corrected chi connectivity index (χ3v) is 9.62. The molecule has 6 rings (SSSR count). The zero-order valence-electron chi connectivity index (χ0n) is 26.5. The lowest BCUT2D eigenvalue weighted by Gasteiger charge is -2.59. The molecule has 1 saturated heterocycles. The SMILES string of the molecule is COc1ccc(CC(=O)OC[C@H]2c3cc(OC)c(OC)cc3C[C@H]3[C@H]4c5cc(OC)c(OC)cc5C[C@@H]([C@H](C#N)N23)N4C)cc1. The summed E-state index contributed by atoms with van der Waals surface area (Å²) < 4.78 is 34.0. The number of esters is 1. The Morgan fingerprint density at radius 3 is 1.93 bits per heavy atom. The quantitative estimate of drug-likeness (QED) is 0.325. The second-order valence-corrected chi connectivity index (χ2v) is 11.7. The van der Waals surface area contributed by atoms with Crippen molar-refractivity contribution in [2.24, 2.45) is 0 Å². The van der Waals surface area contributed by atoms with Gasteiger partial charge in [-0.15, -0.1) is 0 Å². The molecule has 0 aromatic heterocycles. The molecule has 2 bridgehead atoms. The number of hydrogen-bond donors (Lipinski definition) is 0. The molecule has 0 aliphatic carbocycles. The van der Waals surface area contributed by atoms with Crippen molar-refractivity contribution in [1.29, 1.82) is 5.26 Å². The summed E-state index contributed by atoms with van der Waals surface area (Å²) in [4.78, 5) is 17.8. The van der Waals surface area contributed by atoms with E-state index in [-0.39, 0.29) is 43.2 Å². The van der Waals surface area contributed by atoms with Crippen LogP contribution in [0.4, 0.5) is 0 Å². The molecule has 0 radical (unpaired) electrons. The van der Waals surface area contributed by atoms with E-state index in [0.717, 1.165) is 33.6 Å². The Hall–Kier alpha value is -4.46. The molecule has 0 saturated carbocycles. The van der Waals surface area contributed by atoms with Gasteiger partial charge in [-0.2, -0.15) is 5.26 Å². The minimum absolute atomic E-state index is 0.0399. The summed E-state index contributed by atoms with van der Waals surface area (Å²) in [6.07, 6.45) is 1.47. The van der Waals surface area contributed by atoms with E-state index in [1.807, 2.05) is 42.5 Å². The molecule has 3 heterocycles. The first-order chi connectivity index (χ1) is 21.8. The lowest BCUT2D eigenvalue weighted by Crippen LogP contribution is -2.68. The average molecular weight is 614 g/mol. The molecule has 3 aromatic rings. The molecule has 0 spiro atoms. The Bertz CT molecular complexity index is 1620. The van der Waals surface area contributed by atoms with Gasteiger partial charge in [0.15, 0.2) is 23.0 Å². The first kappa shape index (κ1) is 30.6. The molecule has 10 nitrogen and oxygen atoms in total. The number of carbonyl (C=O) groups is 1. The fourth-order valence-electron chi connectivity index (χ4n) is 7.48. The molecule has 3 aliphatic rings. The number of benzene rings is 3. The number of rotatable bonds is 9. The Morgan fingerprint density at radius 1 is 0.800 bits per heavy atom. The summed E-state index contributed by atoms with van der Waals surface area (Å²) in [6, 6.07) is 17.1. The normalized spacial score (nSPS) is 23.4. The van der Waals surface area contributed by atoms with E-state index in [9.17, 15) is 10.1 Å². The number of piperazine rings is 1. The van der Waals surface area contributed by atoms with Crippen LogP contribution in [0.5, 0.6) is 28.7 Å². The topological polar surface area (TPSA) is 103 Å². The fourth-order valence-corrected chi connectivity index (χ4v) is 7.48. The van der Waals surface area contributed by atoms with Crippen LogP contribution in [0.25, 0.3) is 0 Å². The minimum atomic E-state index is -0.455. The highest BCUT2D eigenvalue weighted by molar-refractivity contribution is 5.72. The van der Waals surface area contributed by atoms with Gasteiger partial charge in [0.1, 0.15) is 18.4 Å². The van der Waals surface area contributed by atoms with E-state index >= 15 is 0 Å². The highest BCUT2D eigenvalue weighted by atomic mass is 16.5. The summed E-state index contributed by atoms with van der Waals surface area (Å²) in [7, 11) is 10.2. The second-order valence-electron chi connectivity index (χ2n) is 11.7. The van der Waals surface area contributed by atoms with Crippen LogP contribution < -0.4 is 23.7 Å². The van der Waals surface area contributed by atoms with Crippen LogP contribution >= 0.6 is 0 Å². The van der Waals surface area contributed by atoms with Crippen LogP contribution in [0.3, 0.4) is 0 Å². The second kappa shape index (κ2) is 12.5. The van der Waals surface area contributed by atoms with E-state index in [1.54, 1.807) is 35.5 Å². The highest BCUT2D eigenvalue weighted by Crippen LogP contribution is 2.52. The van der Waals surface area contributed by atoms with Crippen LogP contribution in [0.1, 0.15) is 39.9 Å². The maximum atomic E-state index is 13.2. The summed E-state index contributed by atoms with van der Waals surface area (Å²) in [5.41, 5.74) is 5.18. The van der Waals surface area contributed by atoms with Gasteiger partial charge in [0, 0.05) is 12.1 Å². The van der Waals surface area contributed by atoms with Crippen molar-refractivity contribution >= 4 is 5.97 Å². The lowest BCUT2D eigenvalue weighted by atomic mass is 9.72. The first-order valence-electron chi connectivity index (χ1n) is 15.0. The highest BCUT2D eigenvalue weighted by Gasteiger charge is 2.54. The van der Waals surface area contributed by atoms with Crippen molar-refractivity contribution < 1.29 is 33.2 Å². The van der Waals surface area contributed by atoms with Crippen molar-refractivity contribution in [1.82, 2.24) is 9.80 Å². The molecule has 1 fully saturated rings. The van der Waals surface area contributed by atoms with Gasteiger partial charge < -0.3 is 28.4 Å². The third-order valence-electron chi connectivity index (χ3n) is 9.62.